The van der Waals surface area contributed by atoms with Crippen LogP contribution in [0.5, 0.6) is 5.88 Å². The van der Waals surface area contributed by atoms with Crippen molar-refractivity contribution in [1.82, 2.24) is 9.88 Å². The number of hydrogen-bond acceptors (Lipinski definition) is 4. The number of hydrogen-bond donors (Lipinski definition) is 2. The van der Waals surface area contributed by atoms with Crippen LogP contribution in [0.4, 0.5) is 5.69 Å². The van der Waals surface area contributed by atoms with Crippen LogP contribution >= 0.6 is 0 Å². The van der Waals surface area contributed by atoms with Gasteiger partial charge in [0.05, 0.1) is 5.52 Å². The quantitative estimate of drug-likeness (QED) is 0.414. The molecular weight excluding hydrogens is 380 g/mol. The Morgan fingerprint density at radius 2 is 1.77 bits per heavy atom. The van der Waals surface area contributed by atoms with Crippen molar-refractivity contribution in [2.24, 2.45) is 16.1 Å². The lowest BCUT2D eigenvalue weighted by Crippen LogP contribution is -2.24. The van der Waals surface area contributed by atoms with Crippen LogP contribution in [0, 0.1) is 5.92 Å². The normalized spacial score (nSPS) is 11.4. The van der Waals surface area contributed by atoms with Gasteiger partial charge in [-0.1, -0.05) is 50.2 Å². The maximum atomic E-state index is 12.1. The summed E-state index contributed by atoms with van der Waals surface area (Å²) in [5, 5.41) is 21.9. The van der Waals surface area contributed by atoms with E-state index in [-0.39, 0.29) is 18.2 Å². The number of aromatic nitrogens is 1. The Balaban J connectivity index is 1.59. The van der Waals surface area contributed by atoms with Gasteiger partial charge in [-0.2, -0.15) is 0 Å². The maximum Gasteiger partial charge on any atom is 0.264 e. The van der Waals surface area contributed by atoms with Crippen molar-refractivity contribution in [1.29, 1.82) is 0 Å². The number of carbonyl (C=O) groups excluding carboxylic acids is 2. The second kappa shape index (κ2) is 9.82. The number of fused-ring (bicyclic) bond motifs is 1. The van der Waals surface area contributed by atoms with E-state index >= 15 is 0 Å². The molecule has 7 nitrogen and oxygen atoms in total. The number of para-hydroxylation sites is 1. The van der Waals surface area contributed by atoms with Crippen molar-refractivity contribution in [2.45, 2.75) is 33.2 Å². The Kier molecular flexibility index (Phi) is 6.95. The predicted octanol–water partition coefficient (Wildman–Crippen LogP) is 4.82. The lowest BCUT2D eigenvalue weighted by Gasteiger charge is -2.09. The largest absolute Gasteiger partial charge is 0.493 e. The number of amides is 2. The molecule has 2 amide bonds. The first-order valence-corrected chi connectivity index (χ1v) is 10.1. The average Bonchev–Trinajstić information content (AvgIpc) is 3.01. The van der Waals surface area contributed by atoms with Crippen molar-refractivity contribution in [2.75, 3.05) is 6.54 Å². The molecule has 1 heterocycles. The fraction of sp³-hybridized carbons (Fsp3) is 0.304. The molecule has 0 aliphatic heterocycles. The van der Waals surface area contributed by atoms with Crippen molar-refractivity contribution in [3.8, 4) is 5.88 Å². The third-order valence-electron chi connectivity index (χ3n) is 4.62. The Morgan fingerprint density at radius 1 is 1.07 bits per heavy atom. The first-order chi connectivity index (χ1) is 14.5. The predicted molar refractivity (Wildman–Crippen MR) is 116 cm³/mol. The molecule has 3 aromatic rings. The van der Waals surface area contributed by atoms with Crippen molar-refractivity contribution in [3.05, 3.63) is 60.2 Å². The summed E-state index contributed by atoms with van der Waals surface area (Å²) in [6.45, 7) is 5.13. The summed E-state index contributed by atoms with van der Waals surface area (Å²) in [6.07, 6.45) is 0.613. The van der Waals surface area contributed by atoms with Crippen LogP contribution in [0.3, 0.4) is 0 Å². The van der Waals surface area contributed by atoms with E-state index < -0.39 is 5.91 Å². The molecule has 0 spiro atoms. The van der Waals surface area contributed by atoms with E-state index in [0.717, 1.165) is 10.9 Å². The van der Waals surface area contributed by atoms with E-state index in [0.29, 0.717) is 36.7 Å². The summed E-state index contributed by atoms with van der Waals surface area (Å²) >= 11 is 0. The molecule has 0 fully saturated rings. The van der Waals surface area contributed by atoms with Gasteiger partial charge in [0, 0.05) is 30.5 Å². The highest BCUT2D eigenvalue weighted by Gasteiger charge is 2.17. The molecule has 0 atom stereocenters. The highest BCUT2D eigenvalue weighted by atomic mass is 16.3. The van der Waals surface area contributed by atoms with Gasteiger partial charge in [-0.05, 0) is 30.5 Å². The number of carbonyl (C=O) groups is 2. The average molecular weight is 406 g/mol. The van der Waals surface area contributed by atoms with E-state index in [9.17, 15) is 14.7 Å². The molecule has 0 saturated carbocycles. The van der Waals surface area contributed by atoms with E-state index in [1.54, 1.807) is 28.8 Å². The minimum atomic E-state index is -0.399. The second-order valence-electron chi connectivity index (χ2n) is 7.51. The van der Waals surface area contributed by atoms with Crippen LogP contribution in [-0.2, 0) is 11.3 Å². The van der Waals surface area contributed by atoms with Crippen LogP contribution in [0.25, 0.3) is 10.9 Å². The summed E-state index contributed by atoms with van der Waals surface area (Å²) in [6, 6.07) is 16.4. The summed E-state index contributed by atoms with van der Waals surface area (Å²) < 4.78 is 1.79. The SMILES string of the molecule is CC(C)Cn1c(O)c(N=NC(=O)CCCNC(=O)c2ccccc2)c2ccccc21. The zero-order chi connectivity index (χ0) is 21.5. The number of benzene rings is 2. The van der Waals surface area contributed by atoms with E-state index in [1.807, 2.05) is 30.3 Å². The Hall–Kier alpha value is -3.48. The molecule has 30 heavy (non-hydrogen) atoms. The summed E-state index contributed by atoms with van der Waals surface area (Å²) in [5.74, 6) is -0.225. The van der Waals surface area contributed by atoms with Crippen molar-refractivity contribution >= 4 is 28.4 Å². The minimum absolute atomic E-state index is 0.0107. The highest BCUT2D eigenvalue weighted by molar-refractivity contribution is 5.95. The Bertz CT molecular complexity index is 1060. The molecule has 2 aromatic carbocycles. The Morgan fingerprint density at radius 3 is 2.50 bits per heavy atom. The molecule has 0 aliphatic rings. The number of aromatic hydroxyl groups is 1. The monoisotopic (exact) mass is 406 g/mol. The molecule has 0 saturated heterocycles. The molecule has 156 valence electrons. The summed E-state index contributed by atoms with van der Waals surface area (Å²) in [7, 11) is 0. The third kappa shape index (κ3) is 5.11. The smallest absolute Gasteiger partial charge is 0.264 e. The number of nitrogens with one attached hydrogen (secondary N) is 1. The molecule has 3 rings (SSSR count). The van der Waals surface area contributed by atoms with Crippen LogP contribution in [0.15, 0.2) is 64.8 Å². The van der Waals surface area contributed by atoms with Crippen LogP contribution in [-0.4, -0.2) is 28.0 Å². The van der Waals surface area contributed by atoms with Gasteiger partial charge in [0.2, 0.25) is 5.88 Å². The molecular formula is C23H26N4O3. The van der Waals surface area contributed by atoms with Crippen LogP contribution < -0.4 is 5.32 Å². The standard InChI is InChI=1S/C23H26N4O3/c1-16(2)15-27-19-12-7-6-11-18(19)21(23(27)30)26-25-20(28)13-8-14-24-22(29)17-9-4-3-5-10-17/h3-7,9-12,16,30H,8,13-15H2,1-2H3,(H,24,29). The minimum Gasteiger partial charge on any atom is -0.493 e. The fourth-order valence-corrected chi connectivity index (χ4v) is 3.21. The van der Waals surface area contributed by atoms with Crippen LogP contribution in [0.1, 0.15) is 37.0 Å². The van der Waals surface area contributed by atoms with Gasteiger partial charge in [0.25, 0.3) is 11.8 Å². The fourth-order valence-electron chi connectivity index (χ4n) is 3.21. The first-order valence-electron chi connectivity index (χ1n) is 10.1. The zero-order valence-corrected chi connectivity index (χ0v) is 17.2. The molecule has 0 radical (unpaired) electrons. The van der Waals surface area contributed by atoms with E-state index in [2.05, 4.69) is 29.4 Å². The molecule has 0 unspecified atom stereocenters. The lowest BCUT2D eigenvalue weighted by molar-refractivity contribution is -0.118. The Labute approximate surface area is 175 Å². The number of rotatable bonds is 8. The van der Waals surface area contributed by atoms with E-state index in [4.69, 9.17) is 0 Å². The highest BCUT2D eigenvalue weighted by Crippen LogP contribution is 2.39. The maximum absolute atomic E-state index is 12.1. The van der Waals surface area contributed by atoms with Gasteiger partial charge in [0.15, 0.2) is 5.69 Å². The molecule has 7 heteroatoms. The molecule has 1 aromatic heterocycles. The number of azo groups is 1. The molecule has 2 N–H and O–H groups in total. The van der Waals surface area contributed by atoms with Gasteiger partial charge in [0.1, 0.15) is 0 Å². The number of nitrogens with zero attached hydrogens (tertiary/aromatic N) is 3. The van der Waals surface area contributed by atoms with Crippen LogP contribution in [0.2, 0.25) is 0 Å². The van der Waals surface area contributed by atoms with Gasteiger partial charge in [-0.15, -0.1) is 10.2 Å². The van der Waals surface area contributed by atoms with Gasteiger partial charge >= 0.3 is 0 Å². The summed E-state index contributed by atoms with van der Waals surface area (Å²) in [4.78, 5) is 24.1. The van der Waals surface area contributed by atoms with E-state index in [1.165, 1.54) is 0 Å². The lowest BCUT2D eigenvalue weighted by atomic mass is 10.2. The zero-order valence-electron chi connectivity index (χ0n) is 17.2. The van der Waals surface area contributed by atoms with Gasteiger partial charge < -0.3 is 15.0 Å². The summed E-state index contributed by atoms with van der Waals surface area (Å²) in [5.41, 5.74) is 1.74. The van der Waals surface area contributed by atoms with Crippen molar-refractivity contribution in [3.63, 3.8) is 0 Å². The first kappa shape index (κ1) is 21.2. The molecule has 0 bridgehead atoms. The van der Waals surface area contributed by atoms with Crippen molar-refractivity contribution < 1.29 is 14.7 Å². The topological polar surface area (TPSA) is 96.0 Å². The molecule has 0 aliphatic carbocycles. The second-order valence-corrected chi connectivity index (χ2v) is 7.51. The van der Waals surface area contributed by atoms with Gasteiger partial charge in [-0.3, -0.25) is 9.59 Å². The van der Waals surface area contributed by atoms with Gasteiger partial charge in [-0.25, -0.2) is 0 Å². The third-order valence-corrected chi connectivity index (χ3v) is 4.62.